The molecule has 0 bridgehead atoms. The van der Waals surface area contributed by atoms with Crippen LogP contribution in [0.15, 0.2) is 59.2 Å². The van der Waals surface area contributed by atoms with E-state index in [1.54, 1.807) is 30.3 Å². The van der Waals surface area contributed by atoms with Gasteiger partial charge in [-0.15, -0.1) is 0 Å². The van der Waals surface area contributed by atoms with Crippen LogP contribution in [0.3, 0.4) is 0 Å². The average molecular weight is 399 g/mol. The Hall–Kier alpha value is -3.25. The molecular formula is C21H19ClN2O4. The molecule has 3 N–H and O–H groups in total. The molecule has 0 radical (unpaired) electrons. The van der Waals surface area contributed by atoms with Gasteiger partial charge < -0.3 is 20.2 Å². The maximum Gasteiger partial charge on any atom is 0.291 e. The van der Waals surface area contributed by atoms with Crippen LogP contribution in [-0.4, -0.2) is 16.9 Å². The lowest BCUT2D eigenvalue weighted by atomic mass is 10.00. The van der Waals surface area contributed by atoms with E-state index in [0.29, 0.717) is 11.4 Å². The van der Waals surface area contributed by atoms with E-state index in [4.69, 9.17) is 16.0 Å². The molecule has 144 valence electrons. The van der Waals surface area contributed by atoms with Gasteiger partial charge in [0.25, 0.3) is 11.8 Å². The van der Waals surface area contributed by atoms with E-state index >= 15 is 0 Å². The fraction of sp³-hybridized carbons (Fsp3) is 0.143. The molecule has 6 nitrogen and oxygen atoms in total. The molecule has 7 heteroatoms. The Morgan fingerprint density at radius 3 is 2.46 bits per heavy atom. The molecular weight excluding hydrogens is 380 g/mol. The second kappa shape index (κ2) is 8.19. The van der Waals surface area contributed by atoms with Crippen molar-refractivity contribution in [3.63, 3.8) is 0 Å². The lowest BCUT2D eigenvalue weighted by Crippen LogP contribution is -2.14. The predicted molar refractivity (Wildman–Crippen MR) is 108 cm³/mol. The van der Waals surface area contributed by atoms with Gasteiger partial charge in [0.05, 0.1) is 22.5 Å². The van der Waals surface area contributed by atoms with Crippen LogP contribution in [0.25, 0.3) is 0 Å². The number of hydrogen-bond acceptors (Lipinski definition) is 4. The van der Waals surface area contributed by atoms with E-state index in [9.17, 15) is 14.7 Å². The van der Waals surface area contributed by atoms with Crippen molar-refractivity contribution in [2.45, 2.75) is 19.8 Å². The minimum absolute atomic E-state index is 0.102. The van der Waals surface area contributed by atoms with E-state index in [2.05, 4.69) is 10.6 Å². The van der Waals surface area contributed by atoms with E-state index < -0.39 is 11.8 Å². The summed E-state index contributed by atoms with van der Waals surface area (Å²) in [5.41, 5.74) is 1.93. The summed E-state index contributed by atoms with van der Waals surface area (Å²) in [6.07, 6.45) is 1.40. The quantitative estimate of drug-likeness (QED) is 0.546. The van der Waals surface area contributed by atoms with Crippen molar-refractivity contribution >= 4 is 34.8 Å². The number of halogens is 1. The van der Waals surface area contributed by atoms with Crippen molar-refractivity contribution in [2.24, 2.45) is 0 Å². The first-order chi connectivity index (χ1) is 13.3. The largest absolute Gasteiger partial charge is 0.507 e. The topological polar surface area (TPSA) is 91.6 Å². The summed E-state index contributed by atoms with van der Waals surface area (Å²) in [7, 11) is 0. The number of furan rings is 1. The Kier molecular flexibility index (Phi) is 5.70. The molecule has 0 fully saturated rings. The third kappa shape index (κ3) is 4.35. The normalized spacial score (nSPS) is 10.7. The minimum atomic E-state index is -0.455. The Bertz CT molecular complexity index is 1010. The Morgan fingerprint density at radius 2 is 1.82 bits per heavy atom. The highest BCUT2D eigenvalue weighted by atomic mass is 35.5. The summed E-state index contributed by atoms with van der Waals surface area (Å²) in [6, 6.07) is 12.8. The maximum atomic E-state index is 12.5. The van der Waals surface area contributed by atoms with Crippen LogP contribution >= 0.6 is 11.6 Å². The number of amides is 2. The summed E-state index contributed by atoms with van der Waals surface area (Å²) < 4.78 is 5.03. The summed E-state index contributed by atoms with van der Waals surface area (Å²) >= 11 is 6.22. The smallest absolute Gasteiger partial charge is 0.291 e. The molecule has 1 aromatic heterocycles. The van der Waals surface area contributed by atoms with Crippen molar-refractivity contribution in [3.05, 3.63) is 76.7 Å². The van der Waals surface area contributed by atoms with E-state index in [1.807, 2.05) is 13.8 Å². The van der Waals surface area contributed by atoms with Gasteiger partial charge in [0, 0.05) is 5.69 Å². The monoisotopic (exact) mass is 398 g/mol. The molecule has 1 heterocycles. The van der Waals surface area contributed by atoms with E-state index in [-0.39, 0.29) is 28.0 Å². The highest BCUT2D eigenvalue weighted by Crippen LogP contribution is 2.28. The second-order valence-electron chi connectivity index (χ2n) is 6.51. The van der Waals surface area contributed by atoms with Gasteiger partial charge >= 0.3 is 0 Å². The van der Waals surface area contributed by atoms with E-state index in [0.717, 1.165) is 5.56 Å². The first-order valence-corrected chi connectivity index (χ1v) is 9.01. The Balaban J connectivity index is 1.75. The average Bonchev–Trinajstić information content (AvgIpc) is 3.19. The van der Waals surface area contributed by atoms with Crippen LogP contribution in [0.4, 0.5) is 11.4 Å². The molecule has 2 amide bonds. The molecule has 0 aliphatic carbocycles. The summed E-state index contributed by atoms with van der Waals surface area (Å²) in [5, 5.41) is 15.6. The lowest BCUT2D eigenvalue weighted by Gasteiger charge is -2.12. The van der Waals surface area contributed by atoms with Crippen LogP contribution in [0, 0.1) is 0 Å². The van der Waals surface area contributed by atoms with Crippen LogP contribution in [0.2, 0.25) is 5.02 Å². The summed E-state index contributed by atoms with van der Waals surface area (Å²) in [6.45, 7) is 4.01. The molecule has 0 aliphatic rings. The van der Waals surface area contributed by atoms with Crippen LogP contribution in [-0.2, 0) is 0 Å². The first-order valence-electron chi connectivity index (χ1n) is 8.64. The molecule has 0 aliphatic heterocycles. The Labute approximate surface area is 167 Å². The minimum Gasteiger partial charge on any atom is -0.507 e. The number of anilines is 2. The number of carbonyl (C=O) groups excluding carboxylic acids is 2. The van der Waals surface area contributed by atoms with Crippen LogP contribution in [0.1, 0.15) is 46.2 Å². The molecule has 3 rings (SSSR count). The third-order valence-corrected chi connectivity index (χ3v) is 4.46. The fourth-order valence-electron chi connectivity index (χ4n) is 2.58. The molecule has 0 saturated carbocycles. The zero-order chi connectivity index (χ0) is 20.3. The SMILES string of the molecule is CC(C)c1ccc(O)c(C(=O)Nc2ccc(NC(=O)c3ccco3)c(Cl)c2)c1. The fourth-order valence-corrected chi connectivity index (χ4v) is 2.81. The van der Waals surface area contributed by atoms with Gasteiger partial charge in [-0.05, 0) is 53.9 Å². The highest BCUT2D eigenvalue weighted by molar-refractivity contribution is 6.34. The molecule has 0 atom stereocenters. The van der Waals surface area contributed by atoms with Gasteiger partial charge in [0.15, 0.2) is 5.76 Å². The number of phenols is 1. The van der Waals surface area contributed by atoms with E-state index in [1.165, 1.54) is 24.5 Å². The first kappa shape index (κ1) is 19.5. The van der Waals surface area contributed by atoms with Crippen molar-refractivity contribution in [2.75, 3.05) is 10.6 Å². The van der Waals surface area contributed by atoms with Gasteiger partial charge in [-0.3, -0.25) is 9.59 Å². The number of hydrogen-bond donors (Lipinski definition) is 3. The third-order valence-electron chi connectivity index (χ3n) is 4.15. The molecule has 3 aromatic rings. The van der Waals surface area contributed by atoms with Crippen LogP contribution < -0.4 is 10.6 Å². The number of phenolic OH excluding ortho intramolecular Hbond substituents is 1. The number of rotatable bonds is 5. The lowest BCUT2D eigenvalue weighted by molar-refractivity contribution is 0.0994. The van der Waals surface area contributed by atoms with Crippen molar-refractivity contribution in [3.8, 4) is 5.75 Å². The standard InChI is InChI=1S/C21H19ClN2O4/c1-12(2)13-5-8-18(25)15(10-13)20(26)23-14-6-7-17(16(22)11-14)24-21(27)19-4-3-9-28-19/h3-12,25H,1-2H3,(H,23,26)(H,24,27). The molecule has 0 saturated heterocycles. The van der Waals surface area contributed by atoms with Crippen molar-refractivity contribution in [1.82, 2.24) is 0 Å². The van der Waals surface area contributed by atoms with Gasteiger partial charge in [-0.25, -0.2) is 0 Å². The number of aromatic hydroxyl groups is 1. The second-order valence-corrected chi connectivity index (χ2v) is 6.92. The van der Waals surface area contributed by atoms with Crippen molar-refractivity contribution in [1.29, 1.82) is 0 Å². The zero-order valence-corrected chi connectivity index (χ0v) is 16.1. The van der Waals surface area contributed by atoms with Gasteiger partial charge in [0.2, 0.25) is 0 Å². The van der Waals surface area contributed by atoms with Crippen LogP contribution in [0.5, 0.6) is 5.75 Å². The summed E-state index contributed by atoms with van der Waals surface area (Å²) in [5.74, 6) is -0.606. The summed E-state index contributed by atoms with van der Waals surface area (Å²) in [4.78, 5) is 24.6. The predicted octanol–water partition coefficient (Wildman–Crippen LogP) is 5.27. The zero-order valence-electron chi connectivity index (χ0n) is 15.3. The molecule has 28 heavy (non-hydrogen) atoms. The molecule has 0 spiro atoms. The van der Waals surface area contributed by atoms with Gasteiger partial charge in [0.1, 0.15) is 5.75 Å². The molecule has 2 aromatic carbocycles. The van der Waals surface area contributed by atoms with Crippen molar-refractivity contribution < 1.29 is 19.1 Å². The number of benzene rings is 2. The highest BCUT2D eigenvalue weighted by Gasteiger charge is 2.15. The molecule has 0 unspecified atom stereocenters. The van der Waals surface area contributed by atoms with Gasteiger partial charge in [-0.2, -0.15) is 0 Å². The maximum absolute atomic E-state index is 12.5. The number of nitrogens with one attached hydrogen (secondary N) is 2. The van der Waals surface area contributed by atoms with Gasteiger partial charge in [-0.1, -0.05) is 31.5 Å². The Morgan fingerprint density at radius 1 is 1.04 bits per heavy atom. The number of carbonyl (C=O) groups is 2.